The molecular formula is C20H32N2O2Si. The summed E-state index contributed by atoms with van der Waals surface area (Å²) >= 11 is 0. The van der Waals surface area contributed by atoms with E-state index >= 15 is 0 Å². The molecule has 25 heavy (non-hydrogen) atoms. The van der Waals surface area contributed by atoms with Crippen LogP contribution < -0.4 is 0 Å². The Morgan fingerprint density at radius 2 is 1.40 bits per heavy atom. The normalized spacial score (nSPS) is 18.3. The first-order chi connectivity index (χ1) is 12.1. The number of hydrogen-bond donors (Lipinski definition) is 0. The Labute approximate surface area is 153 Å². The van der Waals surface area contributed by atoms with Crippen molar-refractivity contribution < 1.29 is 9.59 Å². The molecule has 1 aromatic rings. The van der Waals surface area contributed by atoms with Crippen molar-refractivity contribution in [3.63, 3.8) is 0 Å². The number of amides is 3. The molecule has 0 saturated carbocycles. The molecule has 0 radical (unpaired) electrons. The molecule has 138 valence electrons. The Morgan fingerprint density at radius 3 is 1.84 bits per heavy atom. The van der Waals surface area contributed by atoms with Gasteiger partial charge in [-0.05, 0) is 30.6 Å². The molecule has 2 rings (SSSR count). The van der Waals surface area contributed by atoms with Crippen LogP contribution in [0.1, 0.15) is 58.6 Å². The molecule has 1 saturated heterocycles. The van der Waals surface area contributed by atoms with Gasteiger partial charge in [0.2, 0.25) is 5.91 Å². The fraction of sp³-hybridized carbons (Fsp3) is 0.600. The lowest BCUT2D eigenvalue weighted by atomic mass is 10.1. The third-order valence-corrected chi connectivity index (χ3v) is 10.9. The first-order valence-electron chi connectivity index (χ1n) is 9.75. The minimum absolute atomic E-state index is 0.0140. The van der Waals surface area contributed by atoms with Gasteiger partial charge in [-0.1, -0.05) is 70.4 Å². The first-order valence-corrected chi connectivity index (χ1v) is 12.3. The Balaban J connectivity index is 2.48. The highest BCUT2D eigenvalue weighted by Gasteiger charge is 2.54. The monoisotopic (exact) mass is 360 g/mol. The lowest BCUT2D eigenvalue weighted by molar-refractivity contribution is -0.125. The number of nitrogens with zero attached hydrogens (tertiary/aromatic N) is 2. The van der Waals surface area contributed by atoms with Gasteiger partial charge in [-0.3, -0.25) is 9.36 Å². The fourth-order valence-corrected chi connectivity index (χ4v) is 9.74. The average Bonchev–Trinajstić information content (AvgIpc) is 2.86. The van der Waals surface area contributed by atoms with Gasteiger partial charge in [-0.2, -0.15) is 0 Å². The van der Waals surface area contributed by atoms with E-state index in [9.17, 15) is 9.59 Å². The molecule has 1 heterocycles. The lowest BCUT2D eigenvalue weighted by Crippen LogP contribution is -2.56. The predicted octanol–water partition coefficient (Wildman–Crippen LogP) is 5.19. The number of benzene rings is 1. The van der Waals surface area contributed by atoms with E-state index in [1.807, 2.05) is 37.3 Å². The molecule has 0 aromatic heterocycles. The number of rotatable bonds is 9. The topological polar surface area (TPSA) is 40.6 Å². The first kappa shape index (κ1) is 19.7. The zero-order valence-corrected chi connectivity index (χ0v) is 17.1. The number of urea groups is 1. The Bertz CT molecular complexity index is 574. The second-order valence-electron chi connectivity index (χ2n) is 7.03. The molecule has 0 spiro atoms. The highest BCUT2D eigenvalue weighted by atomic mass is 28.3. The molecule has 1 aliphatic heterocycles. The quantitative estimate of drug-likeness (QED) is 0.449. The Morgan fingerprint density at radius 1 is 0.880 bits per heavy atom. The third-order valence-electron chi connectivity index (χ3n) is 5.28. The number of imide groups is 1. The van der Waals surface area contributed by atoms with Crippen LogP contribution in [-0.2, 0) is 4.79 Å². The van der Waals surface area contributed by atoms with Crippen molar-refractivity contribution in [2.75, 3.05) is 6.54 Å². The van der Waals surface area contributed by atoms with Crippen LogP contribution >= 0.6 is 0 Å². The van der Waals surface area contributed by atoms with E-state index in [1.165, 1.54) is 0 Å². The van der Waals surface area contributed by atoms with E-state index in [1.54, 1.807) is 9.47 Å². The molecule has 4 nitrogen and oxygen atoms in total. The van der Waals surface area contributed by atoms with Crippen LogP contribution in [0.3, 0.4) is 0 Å². The summed E-state index contributed by atoms with van der Waals surface area (Å²) in [4.78, 5) is 28.5. The van der Waals surface area contributed by atoms with Crippen molar-refractivity contribution in [1.29, 1.82) is 0 Å². The van der Waals surface area contributed by atoms with Crippen molar-refractivity contribution >= 4 is 20.2 Å². The summed E-state index contributed by atoms with van der Waals surface area (Å²) in [6.07, 6.45) is 3.10. The van der Waals surface area contributed by atoms with E-state index in [4.69, 9.17) is 0 Å². The molecule has 1 atom stereocenters. The predicted molar refractivity (Wildman–Crippen MR) is 105 cm³/mol. The van der Waals surface area contributed by atoms with Crippen LogP contribution in [0, 0.1) is 0 Å². The molecule has 1 unspecified atom stereocenters. The van der Waals surface area contributed by atoms with Crippen molar-refractivity contribution in [1.82, 2.24) is 9.47 Å². The molecule has 3 amide bonds. The van der Waals surface area contributed by atoms with Crippen LogP contribution in [0.15, 0.2) is 30.3 Å². The minimum Gasteiger partial charge on any atom is -0.309 e. The van der Waals surface area contributed by atoms with Gasteiger partial charge in [0.05, 0.1) is 0 Å². The van der Waals surface area contributed by atoms with Crippen molar-refractivity contribution in [3.8, 4) is 0 Å². The highest BCUT2D eigenvalue weighted by Crippen LogP contribution is 2.39. The number of carbonyl (C=O) groups is 2. The summed E-state index contributed by atoms with van der Waals surface area (Å²) in [6, 6.07) is 12.3. The van der Waals surface area contributed by atoms with E-state index in [2.05, 4.69) is 20.8 Å². The molecular weight excluding hydrogens is 328 g/mol. The van der Waals surface area contributed by atoms with Gasteiger partial charge in [0, 0.05) is 6.54 Å². The minimum atomic E-state index is -2.13. The van der Waals surface area contributed by atoms with E-state index in [0.29, 0.717) is 6.54 Å². The zero-order chi connectivity index (χ0) is 18.4. The van der Waals surface area contributed by atoms with Crippen LogP contribution in [0.2, 0.25) is 18.1 Å². The van der Waals surface area contributed by atoms with Crippen LogP contribution in [0.4, 0.5) is 4.79 Å². The molecule has 1 aromatic carbocycles. The summed E-state index contributed by atoms with van der Waals surface area (Å²) in [6.45, 7) is 9.04. The summed E-state index contributed by atoms with van der Waals surface area (Å²) in [7, 11) is -2.13. The van der Waals surface area contributed by atoms with Crippen LogP contribution in [-0.4, -0.2) is 36.2 Å². The summed E-state index contributed by atoms with van der Waals surface area (Å²) in [5, 5.41) is 0. The van der Waals surface area contributed by atoms with Gasteiger partial charge in [-0.15, -0.1) is 0 Å². The maximum Gasteiger partial charge on any atom is 0.319 e. The molecule has 5 heteroatoms. The van der Waals surface area contributed by atoms with Gasteiger partial charge < -0.3 is 4.90 Å². The lowest BCUT2D eigenvalue weighted by Gasteiger charge is -2.38. The van der Waals surface area contributed by atoms with Gasteiger partial charge in [0.1, 0.15) is 6.04 Å². The van der Waals surface area contributed by atoms with Gasteiger partial charge in [0.15, 0.2) is 8.24 Å². The van der Waals surface area contributed by atoms with Crippen LogP contribution in [0.25, 0.3) is 0 Å². The van der Waals surface area contributed by atoms with E-state index < -0.39 is 14.3 Å². The number of carbonyl (C=O) groups excluding carboxylic acids is 2. The smallest absolute Gasteiger partial charge is 0.309 e. The SMILES string of the molecule is CCC[Si](CCC)(CCC)N1C(=O)C(c2ccccc2)N(CC)C1=O. The largest absolute Gasteiger partial charge is 0.319 e. The summed E-state index contributed by atoms with van der Waals surface area (Å²) < 4.78 is 1.77. The van der Waals surface area contributed by atoms with Crippen molar-refractivity contribution in [3.05, 3.63) is 35.9 Å². The average molecular weight is 361 g/mol. The van der Waals surface area contributed by atoms with E-state index in [-0.39, 0.29) is 11.9 Å². The molecule has 0 bridgehead atoms. The Hall–Kier alpha value is -1.62. The summed E-state index contributed by atoms with van der Waals surface area (Å²) in [5.74, 6) is 0.0140. The molecule has 1 aliphatic rings. The zero-order valence-electron chi connectivity index (χ0n) is 16.1. The standard InChI is InChI=1S/C20H32N2O2Si/c1-5-14-25(15-6-2,16-7-3)22-19(23)18(21(8-4)20(22)24)17-12-10-9-11-13-17/h9-13,18H,5-8,14-16H2,1-4H3. The molecule has 0 N–H and O–H groups in total. The maximum absolute atomic E-state index is 13.5. The summed E-state index contributed by atoms with van der Waals surface area (Å²) in [5.41, 5.74) is 0.928. The third kappa shape index (κ3) is 3.66. The number of hydrogen-bond acceptors (Lipinski definition) is 2. The van der Waals surface area contributed by atoms with Gasteiger partial charge in [0.25, 0.3) is 0 Å². The van der Waals surface area contributed by atoms with Crippen molar-refractivity contribution in [2.24, 2.45) is 0 Å². The second-order valence-corrected chi connectivity index (χ2v) is 11.4. The number of likely N-dealkylation sites (N-methyl/N-ethyl adjacent to an activating group) is 1. The van der Waals surface area contributed by atoms with Crippen LogP contribution in [0.5, 0.6) is 0 Å². The second kappa shape index (κ2) is 8.65. The maximum atomic E-state index is 13.5. The molecule has 1 fully saturated rings. The molecule has 0 aliphatic carbocycles. The van der Waals surface area contributed by atoms with E-state index in [0.717, 1.165) is 43.0 Å². The Kier molecular flexibility index (Phi) is 6.82. The fourth-order valence-electron chi connectivity index (χ4n) is 4.41. The highest BCUT2D eigenvalue weighted by molar-refractivity contribution is 6.81. The van der Waals surface area contributed by atoms with Crippen molar-refractivity contribution in [2.45, 2.75) is 71.1 Å². The van der Waals surface area contributed by atoms with Gasteiger partial charge in [-0.25, -0.2) is 4.79 Å². The van der Waals surface area contributed by atoms with Gasteiger partial charge >= 0.3 is 6.03 Å².